The van der Waals surface area contributed by atoms with Crippen LogP contribution in [-0.2, 0) is 0 Å². The van der Waals surface area contributed by atoms with E-state index in [4.69, 9.17) is 28.8 Å². The van der Waals surface area contributed by atoms with Crippen LogP contribution in [0.25, 0.3) is 89.8 Å². The highest BCUT2D eigenvalue weighted by Crippen LogP contribution is 2.38. The summed E-state index contributed by atoms with van der Waals surface area (Å²) in [4.78, 5) is 19.4. The van der Waals surface area contributed by atoms with Crippen LogP contribution in [0.4, 0.5) is 0 Å². The summed E-state index contributed by atoms with van der Waals surface area (Å²) < 4.78 is 12.7. The fourth-order valence-corrected chi connectivity index (χ4v) is 5.89. The first-order valence-electron chi connectivity index (χ1n) is 15.1. The number of fused-ring (bicyclic) bond motifs is 4. The van der Waals surface area contributed by atoms with Crippen LogP contribution in [0.2, 0.25) is 0 Å². The fourth-order valence-electron chi connectivity index (χ4n) is 5.89. The molecule has 0 unspecified atom stereocenters. The van der Waals surface area contributed by atoms with Crippen LogP contribution in [0.15, 0.2) is 154 Å². The topological polar surface area (TPSA) is 77.8 Å². The summed E-state index contributed by atoms with van der Waals surface area (Å²) in [5, 5.41) is 2.00. The number of para-hydroxylation sites is 1. The lowest BCUT2D eigenvalue weighted by Gasteiger charge is -2.08. The molecule has 0 radical (unpaired) electrons. The van der Waals surface area contributed by atoms with Gasteiger partial charge in [-0.3, -0.25) is 0 Å². The molecule has 0 fully saturated rings. The Kier molecular flexibility index (Phi) is 6.03. The lowest BCUT2D eigenvalue weighted by atomic mass is 10.0. The molecule has 216 valence electrons. The van der Waals surface area contributed by atoms with Crippen molar-refractivity contribution >= 4 is 33.0 Å². The summed E-state index contributed by atoms with van der Waals surface area (Å²) in [6.45, 7) is 0. The Hall–Kier alpha value is -6.40. The Labute approximate surface area is 263 Å². The van der Waals surface area contributed by atoms with E-state index in [0.717, 1.165) is 66.4 Å². The second kappa shape index (κ2) is 10.6. The minimum Gasteiger partial charge on any atom is -0.455 e. The van der Waals surface area contributed by atoms with E-state index in [9.17, 15) is 0 Å². The molecule has 0 aliphatic rings. The van der Waals surface area contributed by atoms with Gasteiger partial charge in [0.15, 0.2) is 23.1 Å². The third-order valence-electron chi connectivity index (χ3n) is 8.18. The number of rotatable bonds is 5. The highest BCUT2D eigenvalue weighted by Gasteiger charge is 2.18. The van der Waals surface area contributed by atoms with Crippen LogP contribution in [0.3, 0.4) is 0 Å². The highest BCUT2D eigenvalue weighted by molar-refractivity contribution is 6.10. The average molecular weight is 593 g/mol. The Balaban J connectivity index is 1.16. The van der Waals surface area contributed by atoms with Gasteiger partial charge < -0.3 is 8.83 Å². The second-order valence-corrected chi connectivity index (χ2v) is 11.1. The molecular formula is C40H24N4O2. The molecule has 3 heterocycles. The molecule has 0 N–H and O–H groups in total. The van der Waals surface area contributed by atoms with Crippen molar-refractivity contribution < 1.29 is 8.83 Å². The standard InChI is InChI=1S/C40H24N4O2/c1-4-11-25(12-5-1)37-42-38(26-13-6-2-7-14-26)44-39(43-37)31-18-10-17-30-32-23-28(20-22-34(32)45-36(30)31)29-19-21-33-35(24-29)46-40(41-33)27-15-8-3-9-16-27/h1-24H. The fraction of sp³-hybridized carbons (Fsp3) is 0. The Morgan fingerprint density at radius 3 is 1.67 bits per heavy atom. The van der Waals surface area contributed by atoms with Gasteiger partial charge in [-0.15, -0.1) is 0 Å². The number of nitrogens with zero attached hydrogens (tertiary/aromatic N) is 4. The third-order valence-corrected chi connectivity index (χ3v) is 8.18. The van der Waals surface area contributed by atoms with Crippen molar-refractivity contribution in [3.05, 3.63) is 146 Å². The maximum Gasteiger partial charge on any atom is 0.227 e. The summed E-state index contributed by atoms with van der Waals surface area (Å²) in [6, 6.07) is 48.4. The summed E-state index contributed by atoms with van der Waals surface area (Å²) in [7, 11) is 0. The van der Waals surface area contributed by atoms with Crippen LogP contribution in [0.5, 0.6) is 0 Å². The Bertz CT molecular complexity index is 2460. The van der Waals surface area contributed by atoms with E-state index in [-0.39, 0.29) is 0 Å². The van der Waals surface area contributed by atoms with Gasteiger partial charge in [0.1, 0.15) is 16.7 Å². The number of hydrogen-bond donors (Lipinski definition) is 0. The molecule has 9 aromatic rings. The van der Waals surface area contributed by atoms with Gasteiger partial charge >= 0.3 is 0 Å². The normalized spacial score (nSPS) is 11.5. The van der Waals surface area contributed by atoms with Crippen molar-refractivity contribution in [1.29, 1.82) is 0 Å². The van der Waals surface area contributed by atoms with Crippen molar-refractivity contribution in [3.8, 4) is 56.7 Å². The average Bonchev–Trinajstić information content (AvgIpc) is 3.74. The van der Waals surface area contributed by atoms with Crippen molar-refractivity contribution in [3.63, 3.8) is 0 Å². The van der Waals surface area contributed by atoms with Gasteiger partial charge in [0, 0.05) is 27.5 Å². The summed E-state index contributed by atoms with van der Waals surface area (Å²) in [5.74, 6) is 2.39. The predicted molar refractivity (Wildman–Crippen MR) is 182 cm³/mol. The Morgan fingerprint density at radius 2 is 0.978 bits per heavy atom. The number of benzene rings is 6. The van der Waals surface area contributed by atoms with E-state index in [1.165, 1.54) is 0 Å². The molecule has 0 saturated heterocycles. The first-order chi connectivity index (χ1) is 22.8. The molecule has 0 bridgehead atoms. The lowest BCUT2D eigenvalue weighted by Crippen LogP contribution is -2.00. The Morgan fingerprint density at radius 1 is 0.370 bits per heavy atom. The molecule has 6 heteroatoms. The highest BCUT2D eigenvalue weighted by atomic mass is 16.3. The molecule has 0 aliphatic carbocycles. The minimum atomic E-state index is 0.558. The number of oxazole rings is 1. The summed E-state index contributed by atoms with van der Waals surface area (Å²) in [5.41, 5.74) is 8.78. The summed E-state index contributed by atoms with van der Waals surface area (Å²) >= 11 is 0. The largest absolute Gasteiger partial charge is 0.455 e. The molecule has 0 aliphatic heterocycles. The second-order valence-electron chi connectivity index (χ2n) is 11.1. The van der Waals surface area contributed by atoms with Crippen LogP contribution < -0.4 is 0 Å². The molecule has 3 aromatic heterocycles. The van der Waals surface area contributed by atoms with Crippen molar-refractivity contribution in [2.24, 2.45) is 0 Å². The van der Waals surface area contributed by atoms with E-state index >= 15 is 0 Å². The van der Waals surface area contributed by atoms with Crippen LogP contribution in [0, 0.1) is 0 Å². The number of aromatic nitrogens is 4. The molecular weight excluding hydrogens is 568 g/mol. The van der Waals surface area contributed by atoms with Gasteiger partial charge in [0.2, 0.25) is 5.89 Å². The van der Waals surface area contributed by atoms with E-state index in [1.807, 2.05) is 121 Å². The van der Waals surface area contributed by atoms with Crippen LogP contribution in [0.1, 0.15) is 0 Å². The zero-order valence-electron chi connectivity index (χ0n) is 24.5. The molecule has 46 heavy (non-hydrogen) atoms. The first kappa shape index (κ1) is 26.0. The van der Waals surface area contributed by atoms with E-state index in [1.54, 1.807) is 0 Å². The van der Waals surface area contributed by atoms with Gasteiger partial charge in [-0.25, -0.2) is 19.9 Å². The minimum absolute atomic E-state index is 0.558. The van der Waals surface area contributed by atoms with Crippen molar-refractivity contribution in [2.45, 2.75) is 0 Å². The molecule has 0 amide bonds. The van der Waals surface area contributed by atoms with E-state index in [0.29, 0.717) is 23.4 Å². The monoisotopic (exact) mass is 592 g/mol. The molecule has 0 saturated carbocycles. The van der Waals surface area contributed by atoms with Crippen LogP contribution >= 0.6 is 0 Å². The molecule has 6 nitrogen and oxygen atoms in total. The van der Waals surface area contributed by atoms with Gasteiger partial charge in [0.25, 0.3) is 0 Å². The lowest BCUT2D eigenvalue weighted by molar-refractivity contribution is 0.620. The van der Waals surface area contributed by atoms with Crippen LogP contribution in [-0.4, -0.2) is 19.9 Å². The van der Waals surface area contributed by atoms with Crippen molar-refractivity contribution in [1.82, 2.24) is 19.9 Å². The molecule has 0 atom stereocenters. The third kappa shape index (κ3) is 4.52. The zero-order chi connectivity index (χ0) is 30.5. The van der Waals surface area contributed by atoms with Crippen molar-refractivity contribution in [2.75, 3.05) is 0 Å². The van der Waals surface area contributed by atoms with E-state index < -0.39 is 0 Å². The quantitative estimate of drug-likeness (QED) is 0.198. The van der Waals surface area contributed by atoms with Gasteiger partial charge in [-0.05, 0) is 53.6 Å². The number of furan rings is 1. The SMILES string of the molecule is c1ccc(-c2nc(-c3ccccc3)nc(-c3cccc4c3oc3ccc(-c5ccc6nc(-c7ccccc7)oc6c5)cc34)n2)cc1. The molecule has 9 rings (SSSR count). The van der Waals surface area contributed by atoms with Gasteiger partial charge in [-0.1, -0.05) is 103 Å². The maximum absolute atomic E-state index is 6.51. The zero-order valence-corrected chi connectivity index (χ0v) is 24.5. The van der Waals surface area contributed by atoms with E-state index in [2.05, 4.69) is 24.3 Å². The first-order valence-corrected chi connectivity index (χ1v) is 15.1. The number of hydrogen-bond acceptors (Lipinski definition) is 6. The van der Waals surface area contributed by atoms with Gasteiger partial charge in [-0.2, -0.15) is 0 Å². The molecule has 6 aromatic carbocycles. The maximum atomic E-state index is 6.51. The predicted octanol–water partition coefficient (Wildman–Crippen LogP) is 10.2. The van der Waals surface area contributed by atoms with Gasteiger partial charge in [0.05, 0.1) is 5.56 Å². The smallest absolute Gasteiger partial charge is 0.227 e. The molecule has 0 spiro atoms. The summed E-state index contributed by atoms with van der Waals surface area (Å²) in [6.07, 6.45) is 0.